The number of rotatable bonds is 10. The summed E-state index contributed by atoms with van der Waals surface area (Å²) in [6.07, 6.45) is -0.354. The van der Waals surface area contributed by atoms with Gasteiger partial charge in [-0.2, -0.15) is 0 Å². The van der Waals surface area contributed by atoms with E-state index in [0.717, 1.165) is 11.1 Å². The van der Waals surface area contributed by atoms with Gasteiger partial charge in [-0.1, -0.05) is 66.7 Å². The van der Waals surface area contributed by atoms with Gasteiger partial charge in [0.05, 0.1) is 6.61 Å². The van der Waals surface area contributed by atoms with Gasteiger partial charge in [-0.25, -0.2) is 4.79 Å². The van der Waals surface area contributed by atoms with Crippen molar-refractivity contribution < 1.29 is 23.8 Å². The fraction of sp³-hybridized carbons (Fsp3) is 0.200. The molecule has 0 aliphatic rings. The first kappa shape index (κ1) is 22.1. The van der Waals surface area contributed by atoms with E-state index in [9.17, 15) is 9.59 Å². The van der Waals surface area contributed by atoms with E-state index in [1.807, 2.05) is 60.7 Å². The van der Waals surface area contributed by atoms with Crippen LogP contribution in [0.1, 0.15) is 24.2 Å². The zero-order valence-electron chi connectivity index (χ0n) is 17.3. The van der Waals surface area contributed by atoms with E-state index in [-0.39, 0.29) is 25.2 Å². The quantitative estimate of drug-likeness (QED) is 0.494. The largest absolute Gasteiger partial charge is 0.482 e. The maximum atomic E-state index is 12.5. The Labute approximate surface area is 181 Å². The summed E-state index contributed by atoms with van der Waals surface area (Å²) in [6, 6.07) is 26.3. The van der Waals surface area contributed by atoms with Gasteiger partial charge in [-0.15, -0.1) is 0 Å². The molecule has 0 aromatic heterocycles. The minimum Gasteiger partial charge on any atom is -0.482 e. The van der Waals surface area contributed by atoms with Gasteiger partial charge in [0.25, 0.3) is 0 Å². The van der Waals surface area contributed by atoms with E-state index in [4.69, 9.17) is 14.2 Å². The minimum absolute atomic E-state index is 0.123. The number of hydrogen-bond donors (Lipinski definition) is 1. The van der Waals surface area contributed by atoms with Crippen LogP contribution in [-0.4, -0.2) is 31.7 Å². The molecule has 1 N–H and O–H groups in total. The second kappa shape index (κ2) is 11.5. The van der Waals surface area contributed by atoms with Crippen LogP contribution in [0.25, 0.3) is 0 Å². The summed E-state index contributed by atoms with van der Waals surface area (Å²) in [5.74, 6) is -0.282. The van der Waals surface area contributed by atoms with Gasteiger partial charge in [-0.05, 0) is 30.2 Å². The Morgan fingerprint density at radius 3 is 2.10 bits per heavy atom. The summed E-state index contributed by atoms with van der Waals surface area (Å²) in [6.45, 7) is 1.72. The van der Waals surface area contributed by atoms with Crippen molar-refractivity contribution in [2.75, 3.05) is 25.1 Å². The average molecular weight is 419 g/mol. The number of carbonyl (C=O) groups excluding carboxylic acids is 2. The molecule has 0 spiro atoms. The number of amides is 1. The van der Waals surface area contributed by atoms with E-state index in [1.54, 1.807) is 31.2 Å². The Balaban J connectivity index is 1.59. The molecule has 0 bridgehead atoms. The maximum absolute atomic E-state index is 12.5. The van der Waals surface area contributed by atoms with Crippen molar-refractivity contribution in [2.45, 2.75) is 13.0 Å². The van der Waals surface area contributed by atoms with Crippen LogP contribution in [0.2, 0.25) is 0 Å². The van der Waals surface area contributed by atoms with Crippen molar-refractivity contribution >= 4 is 17.6 Å². The number of esters is 1. The molecule has 0 radical (unpaired) electrons. The highest BCUT2D eigenvalue weighted by Crippen LogP contribution is 2.26. The van der Waals surface area contributed by atoms with Crippen LogP contribution >= 0.6 is 0 Å². The standard InChI is InChI=1S/C25H25NO5/c1-2-29-24(28)18-30-22-15-9-14-21(16-22)26-23(27)17-31-25(19-10-5-3-6-11-19)20-12-7-4-8-13-20/h3-16,25H,2,17-18H2,1H3,(H,26,27). The lowest BCUT2D eigenvalue weighted by molar-refractivity contribution is -0.145. The van der Waals surface area contributed by atoms with Crippen molar-refractivity contribution in [2.24, 2.45) is 0 Å². The highest BCUT2D eigenvalue weighted by Gasteiger charge is 2.16. The predicted molar refractivity (Wildman–Crippen MR) is 118 cm³/mol. The Bertz CT molecular complexity index is 936. The highest BCUT2D eigenvalue weighted by atomic mass is 16.6. The Morgan fingerprint density at radius 1 is 0.839 bits per heavy atom. The van der Waals surface area contributed by atoms with Crippen LogP contribution in [0.15, 0.2) is 84.9 Å². The van der Waals surface area contributed by atoms with Gasteiger partial charge in [-0.3, -0.25) is 4.79 Å². The first-order chi connectivity index (χ1) is 15.2. The van der Waals surface area contributed by atoms with Crippen LogP contribution in [0.4, 0.5) is 5.69 Å². The van der Waals surface area contributed by atoms with Crippen molar-refractivity contribution in [1.82, 2.24) is 0 Å². The van der Waals surface area contributed by atoms with Crippen LogP contribution in [-0.2, 0) is 19.1 Å². The molecule has 31 heavy (non-hydrogen) atoms. The minimum atomic E-state index is -0.446. The summed E-state index contributed by atoms with van der Waals surface area (Å²) >= 11 is 0. The fourth-order valence-electron chi connectivity index (χ4n) is 3.01. The van der Waals surface area contributed by atoms with Gasteiger partial charge < -0.3 is 19.5 Å². The second-order valence-corrected chi connectivity index (χ2v) is 6.68. The topological polar surface area (TPSA) is 73.9 Å². The second-order valence-electron chi connectivity index (χ2n) is 6.68. The van der Waals surface area contributed by atoms with Crippen molar-refractivity contribution in [3.63, 3.8) is 0 Å². The molecule has 1 amide bonds. The Morgan fingerprint density at radius 2 is 1.48 bits per heavy atom. The third kappa shape index (κ3) is 6.97. The lowest BCUT2D eigenvalue weighted by atomic mass is 10.0. The SMILES string of the molecule is CCOC(=O)COc1cccc(NC(=O)COC(c2ccccc2)c2ccccc2)c1. The number of anilines is 1. The monoisotopic (exact) mass is 419 g/mol. The summed E-state index contributed by atoms with van der Waals surface area (Å²) in [4.78, 5) is 23.9. The predicted octanol–water partition coefficient (Wildman–Crippen LogP) is 4.37. The maximum Gasteiger partial charge on any atom is 0.344 e. The third-order valence-corrected chi connectivity index (χ3v) is 4.37. The molecular weight excluding hydrogens is 394 g/mol. The van der Waals surface area contributed by atoms with Gasteiger partial charge in [0.15, 0.2) is 6.61 Å². The molecule has 160 valence electrons. The third-order valence-electron chi connectivity index (χ3n) is 4.37. The molecule has 0 aliphatic carbocycles. The number of hydrogen-bond acceptors (Lipinski definition) is 5. The smallest absolute Gasteiger partial charge is 0.344 e. The van der Waals surface area contributed by atoms with E-state index in [2.05, 4.69) is 5.32 Å². The van der Waals surface area contributed by atoms with E-state index < -0.39 is 5.97 Å². The van der Waals surface area contributed by atoms with Crippen LogP contribution in [0.3, 0.4) is 0 Å². The zero-order valence-corrected chi connectivity index (χ0v) is 17.3. The average Bonchev–Trinajstić information content (AvgIpc) is 2.80. The number of carbonyl (C=O) groups is 2. The van der Waals surface area contributed by atoms with E-state index in [0.29, 0.717) is 18.0 Å². The molecule has 0 unspecified atom stereocenters. The normalized spacial score (nSPS) is 10.5. The molecule has 0 saturated heterocycles. The van der Waals surface area contributed by atoms with Crippen molar-refractivity contribution in [3.05, 3.63) is 96.1 Å². The first-order valence-electron chi connectivity index (χ1n) is 10.1. The molecule has 3 aromatic rings. The molecule has 0 atom stereocenters. The van der Waals surface area contributed by atoms with Crippen molar-refractivity contribution in [1.29, 1.82) is 0 Å². The molecule has 0 aliphatic heterocycles. The molecular formula is C25H25NO5. The van der Waals surface area contributed by atoms with E-state index in [1.165, 1.54) is 0 Å². The summed E-state index contributed by atoms with van der Waals surface area (Å²) < 4.78 is 16.2. The summed E-state index contributed by atoms with van der Waals surface area (Å²) in [7, 11) is 0. The van der Waals surface area contributed by atoms with Gasteiger partial charge in [0.2, 0.25) is 5.91 Å². The first-order valence-corrected chi connectivity index (χ1v) is 10.1. The number of benzene rings is 3. The van der Waals surface area contributed by atoms with Gasteiger partial charge >= 0.3 is 5.97 Å². The van der Waals surface area contributed by atoms with Crippen LogP contribution in [0.5, 0.6) is 5.75 Å². The van der Waals surface area contributed by atoms with Crippen molar-refractivity contribution in [3.8, 4) is 5.75 Å². The molecule has 3 rings (SSSR count). The molecule has 6 nitrogen and oxygen atoms in total. The lowest BCUT2D eigenvalue weighted by Crippen LogP contribution is -2.20. The Hall–Kier alpha value is -3.64. The molecule has 0 heterocycles. The molecule has 0 fully saturated rings. The lowest BCUT2D eigenvalue weighted by Gasteiger charge is -2.19. The fourth-order valence-corrected chi connectivity index (χ4v) is 3.01. The van der Waals surface area contributed by atoms with Crippen LogP contribution in [0, 0.1) is 0 Å². The molecule has 0 saturated carbocycles. The number of ether oxygens (including phenoxy) is 3. The van der Waals surface area contributed by atoms with Gasteiger partial charge in [0.1, 0.15) is 18.5 Å². The highest BCUT2D eigenvalue weighted by molar-refractivity contribution is 5.91. The Kier molecular flexibility index (Phi) is 8.20. The summed E-state index contributed by atoms with van der Waals surface area (Å²) in [5, 5.41) is 2.79. The zero-order chi connectivity index (χ0) is 21.9. The van der Waals surface area contributed by atoms with Gasteiger partial charge in [0, 0.05) is 11.8 Å². The molecule has 6 heteroatoms. The molecule has 3 aromatic carbocycles. The number of nitrogens with one attached hydrogen (secondary N) is 1. The summed E-state index contributed by atoms with van der Waals surface area (Å²) in [5.41, 5.74) is 2.48. The van der Waals surface area contributed by atoms with E-state index >= 15 is 0 Å². The van der Waals surface area contributed by atoms with Crippen LogP contribution < -0.4 is 10.1 Å².